The van der Waals surface area contributed by atoms with Crippen LogP contribution in [0.15, 0.2) is 12.1 Å². The maximum absolute atomic E-state index is 12.3. The van der Waals surface area contributed by atoms with Crippen LogP contribution in [-0.2, 0) is 27.3 Å². The van der Waals surface area contributed by atoms with Crippen molar-refractivity contribution < 1.29 is 19.1 Å². The number of fused-ring (bicyclic) bond motifs is 1. The molecule has 2 rings (SSSR count). The Hall–Kier alpha value is -2.11. The Kier molecular flexibility index (Phi) is 4.68. The number of ether oxygens (including phenoxy) is 2. The molecule has 120 valence electrons. The third-order valence-electron chi connectivity index (χ3n) is 3.13. The number of hydrogen-bond donors (Lipinski definition) is 0. The van der Waals surface area contributed by atoms with Crippen LogP contribution in [0.3, 0.4) is 0 Å². The quantitative estimate of drug-likeness (QED) is 0.786. The van der Waals surface area contributed by atoms with Crippen LogP contribution in [0.25, 0.3) is 0 Å². The minimum atomic E-state index is -0.552. The average Bonchev–Trinajstić information content (AvgIpc) is 2.42. The fourth-order valence-corrected chi connectivity index (χ4v) is 2.23. The highest BCUT2D eigenvalue weighted by molar-refractivity contribution is 5.88. The summed E-state index contributed by atoms with van der Waals surface area (Å²) in [4.78, 5) is 29.3. The Bertz CT molecular complexity index is 578. The van der Waals surface area contributed by atoms with Crippen LogP contribution in [0.1, 0.15) is 45.4 Å². The van der Waals surface area contributed by atoms with Gasteiger partial charge in [-0.3, -0.25) is 9.69 Å². The van der Waals surface area contributed by atoms with E-state index in [0.717, 1.165) is 18.4 Å². The van der Waals surface area contributed by atoms with E-state index in [1.54, 1.807) is 4.90 Å². The van der Waals surface area contributed by atoms with E-state index in [1.165, 1.54) is 6.92 Å². The maximum atomic E-state index is 12.3. The number of carbonyl (C=O) groups excluding carboxylic acids is 2. The number of aromatic nitrogens is 1. The van der Waals surface area contributed by atoms with E-state index < -0.39 is 11.7 Å². The van der Waals surface area contributed by atoms with Gasteiger partial charge in [0.05, 0.1) is 5.69 Å². The van der Waals surface area contributed by atoms with Crippen molar-refractivity contribution in [3.8, 4) is 0 Å². The summed E-state index contributed by atoms with van der Waals surface area (Å²) in [6, 6.07) is 3.75. The number of carbonyl (C=O) groups is 2. The Morgan fingerprint density at radius 1 is 1.32 bits per heavy atom. The highest BCUT2D eigenvalue weighted by atomic mass is 16.6. The first kappa shape index (κ1) is 16.3. The van der Waals surface area contributed by atoms with E-state index in [2.05, 4.69) is 4.98 Å². The smallest absolute Gasteiger partial charge is 0.416 e. The van der Waals surface area contributed by atoms with Crippen LogP contribution in [0, 0.1) is 0 Å². The van der Waals surface area contributed by atoms with Gasteiger partial charge in [0.15, 0.2) is 0 Å². The lowest BCUT2D eigenvalue weighted by molar-refractivity contribution is -0.142. The van der Waals surface area contributed by atoms with Gasteiger partial charge in [-0.05, 0) is 45.2 Å². The van der Waals surface area contributed by atoms with Crippen molar-refractivity contribution in [3.05, 3.63) is 23.4 Å². The lowest BCUT2D eigenvalue weighted by atomic mass is 10.1. The standard InChI is InChI=1S/C16H22N2O4/c1-11(19)21-10-13-8-7-12-6-5-9-18(14(12)17-13)15(20)22-16(2,3)4/h7-8H,5-6,9-10H2,1-4H3. The van der Waals surface area contributed by atoms with Crippen molar-refractivity contribution in [2.24, 2.45) is 0 Å². The average molecular weight is 306 g/mol. The molecule has 0 N–H and O–H groups in total. The molecule has 0 spiro atoms. The summed E-state index contributed by atoms with van der Waals surface area (Å²) < 4.78 is 10.4. The number of hydrogen-bond acceptors (Lipinski definition) is 5. The lowest BCUT2D eigenvalue weighted by Gasteiger charge is -2.31. The predicted molar refractivity (Wildman–Crippen MR) is 81.6 cm³/mol. The fraction of sp³-hybridized carbons (Fsp3) is 0.562. The topological polar surface area (TPSA) is 68.7 Å². The van der Waals surface area contributed by atoms with Gasteiger partial charge >= 0.3 is 12.1 Å². The first-order chi connectivity index (χ1) is 10.3. The SMILES string of the molecule is CC(=O)OCc1ccc2c(n1)N(C(=O)OC(C)(C)C)CCC2. The molecule has 0 radical (unpaired) electrons. The number of pyridine rings is 1. The minimum Gasteiger partial charge on any atom is -0.459 e. The molecule has 0 aromatic carbocycles. The first-order valence-electron chi connectivity index (χ1n) is 7.39. The highest BCUT2D eigenvalue weighted by Gasteiger charge is 2.28. The molecule has 0 atom stereocenters. The predicted octanol–water partition coefficient (Wildman–Crippen LogP) is 2.83. The Morgan fingerprint density at radius 2 is 2.05 bits per heavy atom. The summed E-state index contributed by atoms with van der Waals surface area (Å²) in [6.45, 7) is 7.53. The molecule has 22 heavy (non-hydrogen) atoms. The Morgan fingerprint density at radius 3 is 2.68 bits per heavy atom. The van der Waals surface area contributed by atoms with Gasteiger partial charge in [0.25, 0.3) is 0 Å². The summed E-state index contributed by atoms with van der Waals surface area (Å²) in [5.74, 6) is 0.244. The third-order valence-corrected chi connectivity index (χ3v) is 3.13. The molecule has 1 aromatic rings. The number of anilines is 1. The molecule has 0 unspecified atom stereocenters. The molecule has 0 fully saturated rings. The maximum Gasteiger partial charge on any atom is 0.416 e. The van der Waals surface area contributed by atoms with E-state index in [4.69, 9.17) is 9.47 Å². The van der Waals surface area contributed by atoms with Crippen molar-refractivity contribution >= 4 is 17.9 Å². The van der Waals surface area contributed by atoms with Gasteiger partial charge in [-0.2, -0.15) is 0 Å². The molecule has 2 heterocycles. The second kappa shape index (κ2) is 6.34. The fourth-order valence-electron chi connectivity index (χ4n) is 2.23. The Balaban J connectivity index is 2.22. The van der Waals surface area contributed by atoms with Crippen LogP contribution in [0.4, 0.5) is 10.6 Å². The summed E-state index contributed by atoms with van der Waals surface area (Å²) >= 11 is 0. The molecule has 6 heteroatoms. The zero-order valence-corrected chi connectivity index (χ0v) is 13.5. The summed E-state index contributed by atoms with van der Waals surface area (Å²) in [7, 11) is 0. The first-order valence-corrected chi connectivity index (χ1v) is 7.39. The number of aryl methyl sites for hydroxylation is 1. The molecule has 0 aliphatic carbocycles. The van der Waals surface area contributed by atoms with Gasteiger partial charge in [0.1, 0.15) is 18.0 Å². The highest BCUT2D eigenvalue weighted by Crippen LogP contribution is 2.27. The number of nitrogens with zero attached hydrogens (tertiary/aromatic N) is 2. The van der Waals surface area contributed by atoms with Crippen molar-refractivity contribution in [1.29, 1.82) is 0 Å². The summed E-state index contributed by atoms with van der Waals surface area (Å²) in [6.07, 6.45) is 1.35. The monoisotopic (exact) mass is 306 g/mol. The molecule has 1 aliphatic rings. The van der Waals surface area contributed by atoms with Crippen LogP contribution in [0.2, 0.25) is 0 Å². The third kappa shape index (κ3) is 4.19. The molecule has 1 aliphatic heterocycles. The van der Waals surface area contributed by atoms with E-state index >= 15 is 0 Å². The van der Waals surface area contributed by atoms with E-state index in [0.29, 0.717) is 18.1 Å². The number of rotatable bonds is 2. The molecular weight excluding hydrogens is 284 g/mol. The van der Waals surface area contributed by atoms with Crippen molar-refractivity contribution in [3.63, 3.8) is 0 Å². The van der Waals surface area contributed by atoms with Crippen LogP contribution >= 0.6 is 0 Å². The second-order valence-corrected chi connectivity index (χ2v) is 6.30. The Labute approximate surface area is 130 Å². The summed E-state index contributed by atoms with van der Waals surface area (Å²) in [5.41, 5.74) is 1.07. The van der Waals surface area contributed by atoms with Gasteiger partial charge in [-0.25, -0.2) is 9.78 Å². The van der Waals surface area contributed by atoms with E-state index in [1.807, 2.05) is 32.9 Å². The van der Waals surface area contributed by atoms with Gasteiger partial charge in [0.2, 0.25) is 0 Å². The number of amides is 1. The van der Waals surface area contributed by atoms with Crippen molar-refractivity contribution in [1.82, 2.24) is 4.98 Å². The summed E-state index contributed by atoms with van der Waals surface area (Å²) in [5, 5.41) is 0. The molecule has 1 aromatic heterocycles. The second-order valence-electron chi connectivity index (χ2n) is 6.30. The molecule has 6 nitrogen and oxygen atoms in total. The molecule has 0 bridgehead atoms. The van der Waals surface area contributed by atoms with Gasteiger partial charge in [-0.1, -0.05) is 6.07 Å². The van der Waals surface area contributed by atoms with E-state index in [-0.39, 0.29) is 12.6 Å². The van der Waals surface area contributed by atoms with E-state index in [9.17, 15) is 9.59 Å². The van der Waals surface area contributed by atoms with Crippen LogP contribution < -0.4 is 4.90 Å². The van der Waals surface area contributed by atoms with Crippen LogP contribution in [0.5, 0.6) is 0 Å². The lowest BCUT2D eigenvalue weighted by Crippen LogP contribution is -2.40. The van der Waals surface area contributed by atoms with Gasteiger partial charge < -0.3 is 9.47 Å². The molecule has 0 saturated carbocycles. The minimum absolute atomic E-state index is 0.102. The van der Waals surface area contributed by atoms with Crippen molar-refractivity contribution in [2.45, 2.75) is 52.7 Å². The molecule has 1 amide bonds. The zero-order chi connectivity index (χ0) is 16.3. The normalized spacial score (nSPS) is 14.3. The zero-order valence-electron chi connectivity index (χ0n) is 13.5. The molecular formula is C16H22N2O4. The number of esters is 1. The molecule has 0 saturated heterocycles. The van der Waals surface area contributed by atoms with Gasteiger partial charge in [-0.15, -0.1) is 0 Å². The van der Waals surface area contributed by atoms with Crippen LogP contribution in [-0.4, -0.2) is 29.2 Å². The van der Waals surface area contributed by atoms with Gasteiger partial charge in [0, 0.05) is 13.5 Å². The largest absolute Gasteiger partial charge is 0.459 e. The van der Waals surface area contributed by atoms with Crippen molar-refractivity contribution in [2.75, 3.05) is 11.4 Å².